The normalized spacial score (nSPS) is 20.1. The number of ether oxygens (including phenoxy) is 1. The average molecular weight is 486 g/mol. The van der Waals surface area contributed by atoms with Crippen molar-refractivity contribution < 1.29 is 9.53 Å². The maximum Gasteiger partial charge on any atom is 0.252 e. The van der Waals surface area contributed by atoms with E-state index in [1.54, 1.807) is 12.1 Å². The molecule has 2 heterocycles. The van der Waals surface area contributed by atoms with Gasteiger partial charge in [-0.15, -0.1) is 0 Å². The van der Waals surface area contributed by atoms with Crippen LogP contribution in [0.5, 0.6) is 0 Å². The number of carbonyl (C=O) groups excluding carboxylic acids is 1. The zero-order valence-electron chi connectivity index (χ0n) is 14.7. The molecule has 0 saturated carbocycles. The van der Waals surface area contributed by atoms with Crippen LogP contribution >= 0.6 is 34.2 Å². The summed E-state index contributed by atoms with van der Waals surface area (Å²) in [6, 6.07) is 9.28. The van der Waals surface area contributed by atoms with Crippen molar-refractivity contribution in [1.29, 1.82) is 0 Å². The minimum Gasteiger partial charge on any atom is -0.372 e. The first-order valence-electron chi connectivity index (χ1n) is 8.51. The molecule has 26 heavy (non-hydrogen) atoms. The van der Waals surface area contributed by atoms with Crippen molar-refractivity contribution in [3.05, 3.63) is 56.2 Å². The minimum absolute atomic E-state index is 0.142. The van der Waals surface area contributed by atoms with Gasteiger partial charge in [-0.05, 0) is 66.3 Å². The summed E-state index contributed by atoms with van der Waals surface area (Å²) >= 11 is 8.11. The molecule has 3 rings (SSSR count). The van der Waals surface area contributed by atoms with E-state index in [1.165, 1.54) is 0 Å². The predicted octanol–water partition coefficient (Wildman–Crippen LogP) is 3.88. The fourth-order valence-electron chi connectivity index (χ4n) is 3.02. The molecule has 7 heteroatoms. The van der Waals surface area contributed by atoms with Gasteiger partial charge in [0.2, 0.25) is 0 Å². The lowest BCUT2D eigenvalue weighted by atomic mass is 10.2. The highest BCUT2D eigenvalue weighted by Gasteiger charge is 2.23. The van der Waals surface area contributed by atoms with Crippen LogP contribution in [0.4, 0.5) is 5.82 Å². The Hall–Kier alpha value is -1.38. The lowest BCUT2D eigenvalue weighted by Crippen LogP contribution is -2.45. The molecule has 1 aliphatic rings. The predicted molar refractivity (Wildman–Crippen MR) is 112 cm³/mol. The van der Waals surface area contributed by atoms with Gasteiger partial charge in [-0.3, -0.25) is 4.79 Å². The second-order valence-electron chi connectivity index (χ2n) is 6.49. The molecule has 0 spiro atoms. The van der Waals surface area contributed by atoms with Crippen LogP contribution in [0.25, 0.3) is 0 Å². The molecule has 0 radical (unpaired) electrons. The second kappa shape index (κ2) is 8.54. The molecule has 2 atom stereocenters. The lowest BCUT2D eigenvalue weighted by molar-refractivity contribution is -0.00546. The van der Waals surface area contributed by atoms with Crippen LogP contribution in [0.1, 0.15) is 29.8 Å². The van der Waals surface area contributed by atoms with E-state index < -0.39 is 0 Å². The van der Waals surface area contributed by atoms with E-state index in [4.69, 9.17) is 16.3 Å². The molecular formula is C19H21ClIN3O2. The largest absolute Gasteiger partial charge is 0.372 e. The summed E-state index contributed by atoms with van der Waals surface area (Å²) in [5.74, 6) is 0.795. The molecular weight excluding hydrogens is 465 g/mol. The molecule has 1 saturated heterocycles. The fraction of sp³-hybridized carbons (Fsp3) is 0.368. The van der Waals surface area contributed by atoms with Crippen LogP contribution in [0.2, 0.25) is 5.02 Å². The van der Waals surface area contributed by atoms with Crippen molar-refractivity contribution in [2.75, 3.05) is 18.0 Å². The van der Waals surface area contributed by atoms with Crippen LogP contribution in [0.15, 0.2) is 36.5 Å². The van der Waals surface area contributed by atoms with Crippen LogP contribution < -0.4 is 10.2 Å². The quantitative estimate of drug-likeness (QED) is 0.668. The molecule has 1 amide bonds. The van der Waals surface area contributed by atoms with Crippen LogP contribution in [-0.2, 0) is 11.3 Å². The Morgan fingerprint density at radius 2 is 2.04 bits per heavy atom. The Morgan fingerprint density at radius 1 is 1.31 bits per heavy atom. The number of nitrogens with one attached hydrogen (secondary N) is 1. The summed E-state index contributed by atoms with van der Waals surface area (Å²) in [6.45, 7) is 6.24. The Bertz CT molecular complexity index is 775. The first-order valence-corrected chi connectivity index (χ1v) is 9.96. The minimum atomic E-state index is -0.142. The van der Waals surface area contributed by atoms with Gasteiger partial charge in [-0.1, -0.05) is 17.7 Å². The fourth-order valence-corrected chi connectivity index (χ4v) is 3.77. The van der Waals surface area contributed by atoms with E-state index in [0.29, 0.717) is 17.1 Å². The number of aromatic nitrogens is 1. The highest BCUT2D eigenvalue weighted by Crippen LogP contribution is 2.19. The molecule has 0 aliphatic carbocycles. The number of amides is 1. The van der Waals surface area contributed by atoms with Crippen molar-refractivity contribution in [2.45, 2.75) is 32.6 Å². The maximum atomic E-state index is 12.4. The molecule has 1 N–H and O–H groups in total. The van der Waals surface area contributed by atoms with Crippen molar-refractivity contribution in [3.63, 3.8) is 0 Å². The van der Waals surface area contributed by atoms with E-state index in [-0.39, 0.29) is 18.1 Å². The van der Waals surface area contributed by atoms with Crippen molar-refractivity contribution in [1.82, 2.24) is 10.3 Å². The number of anilines is 1. The van der Waals surface area contributed by atoms with Gasteiger partial charge < -0.3 is 15.0 Å². The molecule has 1 fully saturated rings. The molecule has 0 bridgehead atoms. The Kier molecular flexibility index (Phi) is 6.37. The Balaban J connectivity index is 1.61. The number of hydrogen-bond acceptors (Lipinski definition) is 4. The number of pyridine rings is 1. The summed E-state index contributed by atoms with van der Waals surface area (Å²) < 4.78 is 6.63. The Morgan fingerprint density at radius 3 is 2.69 bits per heavy atom. The smallest absolute Gasteiger partial charge is 0.252 e. The number of rotatable bonds is 4. The number of nitrogens with zero attached hydrogens (tertiary/aromatic N) is 2. The topological polar surface area (TPSA) is 54.5 Å². The summed E-state index contributed by atoms with van der Waals surface area (Å²) in [5, 5.41) is 3.47. The van der Waals surface area contributed by atoms with Gasteiger partial charge in [-0.2, -0.15) is 0 Å². The van der Waals surface area contributed by atoms with Gasteiger partial charge in [-0.25, -0.2) is 4.98 Å². The van der Waals surface area contributed by atoms with E-state index in [9.17, 15) is 4.79 Å². The lowest BCUT2D eigenvalue weighted by Gasteiger charge is -2.36. The third-order valence-electron chi connectivity index (χ3n) is 4.18. The SMILES string of the molecule is CC1CN(c2ccc(CNC(=O)c3cc(Cl)ccc3I)cn2)CC(C)O1. The summed E-state index contributed by atoms with van der Waals surface area (Å²) in [6.07, 6.45) is 2.20. The summed E-state index contributed by atoms with van der Waals surface area (Å²) in [4.78, 5) is 19.1. The van der Waals surface area contributed by atoms with Gasteiger partial charge in [0.25, 0.3) is 5.91 Å². The third-order valence-corrected chi connectivity index (χ3v) is 5.35. The van der Waals surface area contributed by atoms with Gasteiger partial charge in [0.1, 0.15) is 5.82 Å². The van der Waals surface area contributed by atoms with Crippen molar-refractivity contribution in [2.24, 2.45) is 0 Å². The zero-order chi connectivity index (χ0) is 18.7. The first kappa shape index (κ1) is 19.4. The highest BCUT2D eigenvalue weighted by molar-refractivity contribution is 14.1. The van der Waals surface area contributed by atoms with Crippen molar-refractivity contribution >= 4 is 45.9 Å². The summed E-state index contributed by atoms with van der Waals surface area (Å²) in [5.41, 5.74) is 1.53. The maximum absolute atomic E-state index is 12.4. The van der Waals surface area contributed by atoms with E-state index in [0.717, 1.165) is 28.0 Å². The van der Waals surface area contributed by atoms with Crippen LogP contribution in [0, 0.1) is 3.57 Å². The first-order chi connectivity index (χ1) is 12.4. The number of hydrogen-bond donors (Lipinski definition) is 1. The van der Waals surface area contributed by atoms with Crippen LogP contribution in [-0.4, -0.2) is 36.2 Å². The van der Waals surface area contributed by atoms with E-state index in [2.05, 4.69) is 51.6 Å². The zero-order valence-corrected chi connectivity index (χ0v) is 17.6. The number of morpholine rings is 1. The number of carbonyl (C=O) groups is 1. The van der Waals surface area contributed by atoms with Gasteiger partial charge in [0.15, 0.2) is 0 Å². The van der Waals surface area contributed by atoms with Crippen LogP contribution in [0.3, 0.4) is 0 Å². The Labute approximate surface area is 172 Å². The molecule has 2 unspecified atom stereocenters. The highest BCUT2D eigenvalue weighted by atomic mass is 127. The molecule has 5 nitrogen and oxygen atoms in total. The monoisotopic (exact) mass is 485 g/mol. The average Bonchev–Trinajstić information content (AvgIpc) is 2.61. The van der Waals surface area contributed by atoms with Gasteiger partial charge in [0, 0.05) is 34.4 Å². The van der Waals surface area contributed by atoms with Crippen molar-refractivity contribution in [3.8, 4) is 0 Å². The molecule has 1 aromatic carbocycles. The van der Waals surface area contributed by atoms with Gasteiger partial charge >= 0.3 is 0 Å². The molecule has 1 aromatic heterocycles. The third kappa shape index (κ3) is 4.86. The number of benzene rings is 1. The van der Waals surface area contributed by atoms with E-state index >= 15 is 0 Å². The molecule has 1 aliphatic heterocycles. The van der Waals surface area contributed by atoms with E-state index in [1.807, 2.05) is 24.4 Å². The molecule has 138 valence electrons. The standard InChI is InChI=1S/C19H21ClIN3O2/c1-12-10-24(11-13(2)26-12)18-6-3-14(8-22-18)9-23-19(25)16-7-15(20)4-5-17(16)21/h3-8,12-13H,9-11H2,1-2H3,(H,23,25). The second-order valence-corrected chi connectivity index (χ2v) is 8.09. The van der Waals surface area contributed by atoms with Gasteiger partial charge in [0.05, 0.1) is 17.8 Å². The molecule has 2 aromatic rings. The summed E-state index contributed by atoms with van der Waals surface area (Å²) in [7, 11) is 0. The number of halogens is 2.